The summed E-state index contributed by atoms with van der Waals surface area (Å²) in [5, 5.41) is 241. The van der Waals surface area contributed by atoms with Crippen LogP contribution in [0.15, 0.2) is 12.2 Å². The first-order valence-electron chi connectivity index (χ1n) is 31.5. The first kappa shape index (κ1) is 78.9. The van der Waals surface area contributed by atoms with Gasteiger partial charge in [-0.05, 0) is 27.2 Å². The number of allylic oxidation sites excluding steroid dienone is 1. The molecule has 0 aliphatic carbocycles. The summed E-state index contributed by atoms with van der Waals surface area (Å²) in [5.41, 5.74) is 13.7. The molecular formula is C56H98N2O37. The van der Waals surface area contributed by atoms with E-state index >= 15 is 0 Å². The van der Waals surface area contributed by atoms with Gasteiger partial charge >= 0.3 is 0 Å². The van der Waals surface area contributed by atoms with E-state index in [-0.39, 0.29) is 6.61 Å². The SMILES string of the molecule is C/C=C/C(O)[C@@H](C)CO[C@@H]1OC(CO)[C@H](C[C@@H]2OC(CO[C@@H]3OC(CO)[C@H](O[C@@H]4OC(CO)[C@H](O)C(O)C4O)C(OC4OC(C)[C@@H](O)C(O)C4O)C3N)[C@H](O)C(O[C@@H]3OC(CO)[C@H](O[C@@H]4OC(C)[C@H](O)C(O)C4O)C(O[C@@H]4OC(CO)[C@H](O)C(O)C4O)C3N)C2O)C(O)C1O. The molecule has 0 aromatic carbocycles. The average molecular weight is 1390 g/mol. The van der Waals surface area contributed by atoms with Gasteiger partial charge in [0, 0.05) is 11.8 Å². The zero-order valence-electron chi connectivity index (χ0n) is 52.2. The number of ether oxygens (including phenoxy) is 15. The molecule has 26 unspecified atom stereocenters. The van der Waals surface area contributed by atoms with Crippen molar-refractivity contribution in [2.24, 2.45) is 23.3 Å². The number of aliphatic hydroxyl groups excluding tert-OH is 22. The van der Waals surface area contributed by atoms with Crippen molar-refractivity contribution in [1.29, 1.82) is 0 Å². The monoisotopic (exact) mass is 1390 g/mol. The maximum Gasteiger partial charge on any atom is 0.187 e. The van der Waals surface area contributed by atoms with Gasteiger partial charge in [0.1, 0.15) is 153 Å². The molecule has 0 saturated carbocycles. The zero-order chi connectivity index (χ0) is 69.9. The second-order valence-electron chi connectivity index (χ2n) is 25.3. The Labute approximate surface area is 543 Å². The summed E-state index contributed by atoms with van der Waals surface area (Å²) >= 11 is 0. The largest absolute Gasteiger partial charge is 0.394 e. The third-order valence-electron chi connectivity index (χ3n) is 18.8. The Hall–Kier alpha value is -1.82. The van der Waals surface area contributed by atoms with Crippen molar-refractivity contribution in [3.05, 3.63) is 12.2 Å². The topological polar surface area (TPSA) is 636 Å². The lowest BCUT2D eigenvalue weighted by atomic mass is 9.81. The van der Waals surface area contributed by atoms with Gasteiger partial charge in [0.05, 0.1) is 95.0 Å². The maximum atomic E-state index is 12.5. The summed E-state index contributed by atoms with van der Waals surface area (Å²) in [4.78, 5) is 0. The van der Waals surface area contributed by atoms with Gasteiger partial charge in [-0.3, -0.25) is 0 Å². The molecule has 95 heavy (non-hydrogen) atoms. The molecule has 8 aliphatic heterocycles. The molecule has 8 aliphatic rings. The van der Waals surface area contributed by atoms with E-state index in [1.807, 2.05) is 0 Å². The Balaban J connectivity index is 1.11. The predicted octanol–water partition coefficient (Wildman–Crippen LogP) is -14.2. The average Bonchev–Trinajstić information content (AvgIpc) is 0.774. The molecule has 42 atom stereocenters. The van der Waals surface area contributed by atoms with E-state index in [4.69, 9.17) is 82.5 Å². The van der Waals surface area contributed by atoms with Crippen LogP contribution in [0.3, 0.4) is 0 Å². The second kappa shape index (κ2) is 34.4. The number of aliphatic hydroxyl groups is 22. The van der Waals surface area contributed by atoms with Crippen molar-refractivity contribution < 1.29 is 183 Å². The normalized spacial score (nSPS) is 51.7. The van der Waals surface area contributed by atoms with Crippen LogP contribution in [0.1, 0.15) is 34.1 Å². The first-order chi connectivity index (χ1) is 45.0. The number of nitrogens with two attached hydrogens (primary N) is 2. The van der Waals surface area contributed by atoms with E-state index in [0.717, 1.165) is 0 Å². The number of rotatable bonds is 25. The minimum atomic E-state index is -2.16. The minimum Gasteiger partial charge on any atom is -0.394 e. The highest BCUT2D eigenvalue weighted by Gasteiger charge is 2.59. The van der Waals surface area contributed by atoms with Crippen LogP contribution in [0.4, 0.5) is 0 Å². The Morgan fingerprint density at radius 3 is 1.18 bits per heavy atom. The van der Waals surface area contributed by atoms with Crippen LogP contribution in [0, 0.1) is 11.8 Å². The lowest BCUT2D eigenvalue weighted by Gasteiger charge is -2.51. The highest BCUT2D eigenvalue weighted by atomic mass is 16.8. The molecule has 8 fully saturated rings. The molecule has 8 heterocycles. The second-order valence-corrected chi connectivity index (χ2v) is 25.3. The van der Waals surface area contributed by atoms with Crippen LogP contribution < -0.4 is 11.5 Å². The number of hydrogen-bond acceptors (Lipinski definition) is 39. The molecule has 0 aromatic rings. The maximum absolute atomic E-state index is 12.5. The molecule has 8 rings (SSSR count). The van der Waals surface area contributed by atoms with Crippen LogP contribution in [-0.2, 0) is 71.1 Å². The third-order valence-corrected chi connectivity index (χ3v) is 18.8. The van der Waals surface area contributed by atoms with Gasteiger partial charge < -0.3 is 195 Å². The predicted molar refractivity (Wildman–Crippen MR) is 302 cm³/mol. The van der Waals surface area contributed by atoms with Gasteiger partial charge in [0.15, 0.2) is 44.0 Å². The fraction of sp³-hybridized carbons (Fsp3) is 0.964. The quantitative estimate of drug-likeness (QED) is 0.0377. The van der Waals surface area contributed by atoms with Crippen molar-refractivity contribution in [3.63, 3.8) is 0 Å². The highest BCUT2D eigenvalue weighted by Crippen LogP contribution is 2.40. The molecule has 0 radical (unpaired) electrons. The van der Waals surface area contributed by atoms with Crippen LogP contribution in [0.2, 0.25) is 0 Å². The Bertz CT molecular complexity index is 2330. The molecule has 554 valence electrons. The van der Waals surface area contributed by atoms with Gasteiger partial charge in [0.2, 0.25) is 0 Å². The summed E-state index contributed by atoms with van der Waals surface area (Å²) in [6.45, 7) is 0.0408. The van der Waals surface area contributed by atoms with E-state index in [1.54, 1.807) is 19.9 Å². The van der Waals surface area contributed by atoms with Crippen LogP contribution in [-0.4, -0.2) is 404 Å². The Kier molecular flexibility index (Phi) is 28.6. The molecule has 26 N–H and O–H groups in total. The molecule has 39 heteroatoms. The summed E-state index contributed by atoms with van der Waals surface area (Å²) in [6, 6.07) is -3.60. The van der Waals surface area contributed by atoms with Gasteiger partial charge in [0.25, 0.3) is 0 Å². The lowest BCUT2D eigenvalue weighted by molar-refractivity contribution is -0.381. The minimum absolute atomic E-state index is 0.215. The van der Waals surface area contributed by atoms with Crippen LogP contribution in [0.25, 0.3) is 0 Å². The fourth-order valence-corrected chi connectivity index (χ4v) is 12.8. The molecule has 0 aromatic heterocycles. The van der Waals surface area contributed by atoms with Crippen molar-refractivity contribution in [1.82, 2.24) is 0 Å². The fourth-order valence-electron chi connectivity index (χ4n) is 12.8. The summed E-state index contributed by atoms with van der Waals surface area (Å²) < 4.78 is 89.8. The molecule has 0 amide bonds. The Morgan fingerprint density at radius 1 is 0.358 bits per heavy atom. The highest BCUT2D eigenvalue weighted by molar-refractivity contribution is 5.04. The zero-order valence-corrected chi connectivity index (χ0v) is 52.2. The van der Waals surface area contributed by atoms with Gasteiger partial charge in [-0.15, -0.1) is 0 Å². The molecule has 39 nitrogen and oxygen atoms in total. The first-order valence-corrected chi connectivity index (χ1v) is 31.5. The van der Waals surface area contributed by atoms with E-state index in [2.05, 4.69) is 0 Å². The molecule has 0 bridgehead atoms. The summed E-state index contributed by atoms with van der Waals surface area (Å²) in [7, 11) is 0. The van der Waals surface area contributed by atoms with Crippen molar-refractivity contribution in [3.8, 4) is 0 Å². The summed E-state index contributed by atoms with van der Waals surface area (Å²) in [5.74, 6) is -1.96. The summed E-state index contributed by atoms with van der Waals surface area (Å²) in [6.07, 6.45) is -66.0. The van der Waals surface area contributed by atoms with Crippen molar-refractivity contribution >= 4 is 0 Å². The molecular weight excluding hydrogens is 1290 g/mol. The smallest absolute Gasteiger partial charge is 0.187 e. The van der Waals surface area contributed by atoms with E-state index in [0.29, 0.717) is 0 Å². The van der Waals surface area contributed by atoms with Crippen molar-refractivity contribution in [2.45, 2.75) is 279 Å². The molecule has 8 saturated heterocycles. The van der Waals surface area contributed by atoms with E-state index in [9.17, 15) is 112 Å². The van der Waals surface area contributed by atoms with E-state index < -0.39 is 303 Å². The van der Waals surface area contributed by atoms with Gasteiger partial charge in [-0.2, -0.15) is 0 Å². The van der Waals surface area contributed by atoms with Crippen LogP contribution >= 0.6 is 0 Å². The van der Waals surface area contributed by atoms with Gasteiger partial charge in [-0.1, -0.05) is 19.1 Å². The van der Waals surface area contributed by atoms with Crippen molar-refractivity contribution in [2.75, 3.05) is 46.2 Å². The van der Waals surface area contributed by atoms with Gasteiger partial charge in [-0.25, -0.2) is 0 Å². The lowest BCUT2D eigenvalue weighted by Crippen LogP contribution is -2.70. The number of hydrogen-bond donors (Lipinski definition) is 24. The standard InChI is InChI=1S/C56H98N2O37/c1-5-6-19(64)15(2)13-81-52-40(76)31(67)18(21(8-59)86-52)7-20-34(70)49(95-51-28(58)48(94-56-44(80)39(75)33(69)23(10-61)88-56)46(25(12-63)90-51)91-53-41(77)36(72)29(65)16(3)83-53)35(71)26(85-20)14-82-50-27(57)47(93-54-42(78)37(73)30(66)17(4)84-54)45(24(11-62)89-50)92-55-43(79)38(74)32(68)22(9-60)87-55/h5-6,15-56,59-80H,7-14,57-58H2,1-4H3/b6-5+/t15-,16?,17?,18-,19?,20-,21?,22?,23?,24?,25?,26?,27?,28?,29-,30+,31?,32-,33-,34?,35-,36?,37?,38?,39?,40?,41?,42?,43?,44?,45-,46-,47?,48?,49?,50+,51-,52+,53-,54?,55-,56-/m0/s1. The van der Waals surface area contributed by atoms with Crippen LogP contribution in [0.5, 0.6) is 0 Å². The third kappa shape index (κ3) is 17.1. The molecule has 0 spiro atoms. The van der Waals surface area contributed by atoms with E-state index in [1.165, 1.54) is 19.9 Å². The Morgan fingerprint density at radius 2 is 0.726 bits per heavy atom.